The number of carbonyl (C=O) groups is 1. The molecule has 0 aromatic heterocycles. The molecule has 1 aliphatic heterocycles. The summed E-state index contributed by atoms with van der Waals surface area (Å²) in [6, 6.07) is 6.81. The molecule has 0 N–H and O–H groups in total. The second-order valence-electron chi connectivity index (χ2n) is 4.71. The van der Waals surface area contributed by atoms with Crippen LogP contribution < -0.4 is 4.90 Å². The van der Waals surface area contributed by atoms with Gasteiger partial charge in [0.25, 0.3) is 0 Å². The van der Waals surface area contributed by atoms with Gasteiger partial charge in [-0.15, -0.1) is 0 Å². The van der Waals surface area contributed by atoms with Crippen LogP contribution in [0.25, 0.3) is 0 Å². The molecule has 1 heterocycles. The normalized spacial score (nSPS) is 19.9. The van der Waals surface area contributed by atoms with E-state index < -0.39 is 16.7 Å². The van der Waals surface area contributed by atoms with E-state index in [1.807, 2.05) is 43.0 Å². The summed E-state index contributed by atoms with van der Waals surface area (Å²) in [6.07, 6.45) is 0.340. The first-order valence-corrected chi connectivity index (χ1v) is 7.74. The highest BCUT2D eigenvalue weighted by atomic mass is 35.5. The highest BCUT2D eigenvalue weighted by Gasteiger charge is 2.49. The number of rotatable bonds is 7. The minimum absolute atomic E-state index is 0.392. The van der Waals surface area contributed by atoms with Crippen LogP contribution in [0.4, 0.5) is 5.69 Å². The van der Waals surface area contributed by atoms with Gasteiger partial charge in [-0.25, -0.2) is 0 Å². The number of anilines is 1. The predicted octanol–water partition coefficient (Wildman–Crippen LogP) is 3.10. The van der Waals surface area contributed by atoms with Gasteiger partial charge in [0, 0.05) is 24.5 Å². The lowest BCUT2D eigenvalue weighted by Gasteiger charge is -2.30. The number of alkyl halides is 2. The van der Waals surface area contributed by atoms with Gasteiger partial charge in [-0.3, -0.25) is 0 Å². The van der Waals surface area contributed by atoms with Gasteiger partial charge in [0.05, 0.1) is 6.54 Å². The van der Waals surface area contributed by atoms with Gasteiger partial charge in [-0.2, -0.15) is 0 Å². The molecule has 0 spiro atoms. The molecule has 1 aromatic carbocycles. The number of hydrogen-bond donors (Lipinski definition) is 0. The van der Waals surface area contributed by atoms with Crippen LogP contribution in [0.5, 0.6) is 0 Å². The summed E-state index contributed by atoms with van der Waals surface area (Å²) in [5.74, 6) is 0. The molecule has 1 unspecified atom stereocenters. The minimum Gasteiger partial charge on any atom is -0.353 e. The van der Waals surface area contributed by atoms with Gasteiger partial charge in [-0.05, 0) is 19.9 Å². The molecule has 4 nitrogen and oxygen atoms in total. The maximum atomic E-state index is 11.5. The monoisotopic (exact) mass is 331 g/mol. The number of halogens is 2. The molecule has 1 atom stereocenters. The summed E-state index contributed by atoms with van der Waals surface area (Å²) in [6.45, 7) is 5.24. The lowest BCUT2D eigenvalue weighted by atomic mass is 10.1. The van der Waals surface area contributed by atoms with Crippen molar-refractivity contribution in [2.45, 2.75) is 30.5 Å². The second kappa shape index (κ2) is 6.97. The van der Waals surface area contributed by atoms with Crippen molar-refractivity contribution in [2.24, 2.45) is 0 Å². The van der Waals surface area contributed by atoms with Crippen LogP contribution in [0.3, 0.4) is 0 Å². The molecule has 116 valence electrons. The summed E-state index contributed by atoms with van der Waals surface area (Å²) in [7, 11) is 0. The molecule has 1 aliphatic rings. The van der Waals surface area contributed by atoms with E-state index in [0.717, 1.165) is 17.5 Å². The van der Waals surface area contributed by atoms with Crippen molar-refractivity contribution in [3.63, 3.8) is 0 Å². The van der Waals surface area contributed by atoms with E-state index in [0.29, 0.717) is 19.8 Å². The van der Waals surface area contributed by atoms with Crippen molar-refractivity contribution in [2.75, 3.05) is 24.7 Å². The van der Waals surface area contributed by atoms with Crippen molar-refractivity contribution >= 4 is 35.2 Å². The highest BCUT2D eigenvalue weighted by molar-refractivity contribution is 6.50. The molecule has 0 amide bonds. The van der Waals surface area contributed by atoms with Crippen LogP contribution in [-0.4, -0.2) is 38.4 Å². The first-order chi connectivity index (χ1) is 10.1. The van der Waals surface area contributed by atoms with Gasteiger partial charge in [0.15, 0.2) is 10.6 Å². The van der Waals surface area contributed by atoms with Gasteiger partial charge < -0.3 is 19.2 Å². The molecule has 6 heteroatoms. The number of para-hydroxylation sites is 1. The Labute approximate surface area is 134 Å². The zero-order valence-corrected chi connectivity index (χ0v) is 13.6. The summed E-state index contributed by atoms with van der Waals surface area (Å²) in [5, 5.41) is 0. The van der Waals surface area contributed by atoms with E-state index in [9.17, 15) is 4.79 Å². The number of ether oxygens (including phenoxy) is 2. The largest absolute Gasteiger partial charge is 0.353 e. The number of benzene rings is 1. The first kappa shape index (κ1) is 16.6. The number of fused-ring (bicyclic) bond motifs is 1. The van der Waals surface area contributed by atoms with Crippen LogP contribution >= 0.6 is 23.2 Å². The highest BCUT2D eigenvalue weighted by Crippen LogP contribution is 2.50. The molecule has 1 aromatic rings. The quantitative estimate of drug-likeness (QED) is 0.437. The van der Waals surface area contributed by atoms with Crippen molar-refractivity contribution in [3.8, 4) is 0 Å². The van der Waals surface area contributed by atoms with Crippen LogP contribution in [0.15, 0.2) is 24.3 Å². The molecular weight excluding hydrogens is 313 g/mol. The molecular formula is C15H19Cl2NO3. The molecule has 21 heavy (non-hydrogen) atoms. The van der Waals surface area contributed by atoms with Gasteiger partial charge in [0.1, 0.15) is 12.3 Å². The predicted molar refractivity (Wildman–Crippen MR) is 84.1 cm³/mol. The molecule has 0 saturated heterocycles. The second-order valence-corrected chi connectivity index (χ2v) is 6.10. The van der Waals surface area contributed by atoms with E-state index in [4.69, 9.17) is 32.7 Å². The third-order valence-corrected chi connectivity index (χ3v) is 4.31. The lowest BCUT2D eigenvalue weighted by molar-refractivity contribution is -0.130. The minimum atomic E-state index is -1.26. The van der Waals surface area contributed by atoms with Crippen molar-refractivity contribution in [1.82, 2.24) is 0 Å². The molecule has 0 fully saturated rings. The van der Waals surface area contributed by atoms with Gasteiger partial charge >= 0.3 is 0 Å². The third-order valence-electron chi connectivity index (χ3n) is 3.46. The van der Waals surface area contributed by atoms with E-state index >= 15 is 0 Å². The topological polar surface area (TPSA) is 38.8 Å². The SMILES string of the molecule is CCOC(CN1c2ccccc2C(Cl)(Cl)C1C=O)OCC. The average molecular weight is 332 g/mol. The fraction of sp³-hybridized carbons (Fsp3) is 0.533. The van der Waals surface area contributed by atoms with Crippen molar-refractivity contribution in [3.05, 3.63) is 29.8 Å². The van der Waals surface area contributed by atoms with E-state index in [-0.39, 0.29) is 0 Å². The lowest BCUT2D eigenvalue weighted by Crippen LogP contribution is -2.45. The summed E-state index contributed by atoms with van der Waals surface area (Å²) < 4.78 is 9.85. The zero-order chi connectivity index (χ0) is 15.5. The smallest absolute Gasteiger partial charge is 0.174 e. The zero-order valence-electron chi connectivity index (χ0n) is 12.1. The van der Waals surface area contributed by atoms with Crippen LogP contribution in [0.1, 0.15) is 19.4 Å². The third kappa shape index (κ3) is 3.19. The fourth-order valence-corrected chi connectivity index (χ4v) is 3.23. The summed E-state index contributed by atoms with van der Waals surface area (Å²) >= 11 is 12.8. The Morgan fingerprint density at radius 3 is 2.48 bits per heavy atom. The van der Waals surface area contributed by atoms with Crippen LogP contribution in [0, 0.1) is 0 Å². The number of carbonyl (C=O) groups excluding carboxylic acids is 1. The molecule has 0 saturated carbocycles. The number of hydrogen-bond acceptors (Lipinski definition) is 4. The van der Waals surface area contributed by atoms with Crippen molar-refractivity contribution in [1.29, 1.82) is 0 Å². The maximum absolute atomic E-state index is 11.5. The van der Waals surface area contributed by atoms with Crippen molar-refractivity contribution < 1.29 is 14.3 Å². The Kier molecular flexibility index (Phi) is 5.49. The van der Waals surface area contributed by atoms with E-state index in [1.165, 1.54) is 0 Å². The van der Waals surface area contributed by atoms with E-state index in [2.05, 4.69) is 0 Å². The standard InChI is InChI=1S/C15H19Cl2NO3/c1-3-20-14(21-4-2)9-18-12-8-6-5-7-11(12)15(16,17)13(18)10-19/h5-8,10,13-14H,3-4,9H2,1-2H3. The van der Waals surface area contributed by atoms with E-state index in [1.54, 1.807) is 0 Å². The van der Waals surface area contributed by atoms with Crippen LogP contribution in [-0.2, 0) is 18.6 Å². The molecule has 0 bridgehead atoms. The number of nitrogens with zero attached hydrogens (tertiary/aromatic N) is 1. The maximum Gasteiger partial charge on any atom is 0.174 e. The Morgan fingerprint density at radius 2 is 1.90 bits per heavy atom. The Hall–Kier alpha value is -0.810. The first-order valence-electron chi connectivity index (χ1n) is 6.98. The van der Waals surface area contributed by atoms with Gasteiger partial charge in [-0.1, -0.05) is 41.4 Å². The summed E-state index contributed by atoms with van der Waals surface area (Å²) in [4.78, 5) is 13.4. The molecule has 2 rings (SSSR count). The Bertz CT molecular complexity index is 490. The van der Waals surface area contributed by atoms with Gasteiger partial charge in [0.2, 0.25) is 0 Å². The summed E-state index contributed by atoms with van der Waals surface area (Å²) in [5.41, 5.74) is 1.57. The Morgan fingerprint density at radius 1 is 1.29 bits per heavy atom. The average Bonchev–Trinajstić information content (AvgIpc) is 2.67. The number of aldehydes is 1. The Balaban J connectivity index is 2.30. The molecule has 0 radical (unpaired) electrons. The van der Waals surface area contributed by atoms with Crippen LogP contribution in [0.2, 0.25) is 0 Å². The molecule has 0 aliphatic carbocycles. The fourth-order valence-electron chi connectivity index (χ4n) is 2.57.